The summed E-state index contributed by atoms with van der Waals surface area (Å²) >= 11 is -2.18. The molecule has 0 aromatic heterocycles. The predicted octanol–water partition coefficient (Wildman–Crippen LogP) is 3.84. The van der Waals surface area contributed by atoms with Crippen molar-refractivity contribution >= 4 is 59.1 Å². The van der Waals surface area contributed by atoms with Crippen LogP contribution in [0.5, 0.6) is 5.75 Å². The van der Waals surface area contributed by atoms with Crippen molar-refractivity contribution in [1.82, 2.24) is 9.03 Å². The Bertz CT molecular complexity index is 1600. The number of anilines is 1. The molecule has 0 aliphatic carbocycles. The molecule has 3 rings (SSSR count). The van der Waals surface area contributed by atoms with E-state index in [1.165, 1.54) is 56.6 Å². The van der Waals surface area contributed by atoms with Gasteiger partial charge in [0.25, 0.3) is 0 Å². The van der Waals surface area contributed by atoms with Gasteiger partial charge in [-0.25, -0.2) is 17.3 Å². The van der Waals surface area contributed by atoms with E-state index in [1.54, 1.807) is 20.8 Å². The molecule has 0 saturated heterocycles. The fourth-order valence-electron chi connectivity index (χ4n) is 3.22. The monoisotopic (exact) mass is 569 g/mol. The molecule has 0 radical (unpaired) electrons. The Kier molecular flexibility index (Phi) is 8.07. The van der Waals surface area contributed by atoms with Crippen molar-refractivity contribution in [3.05, 3.63) is 48.5 Å². The maximum absolute atomic E-state index is 13.1. The van der Waals surface area contributed by atoms with Crippen molar-refractivity contribution in [2.45, 2.75) is 36.1 Å². The van der Waals surface area contributed by atoms with Gasteiger partial charge in [-0.05, 0) is 57.2 Å². The van der Waals surface area contributed by atoms with Gasteiger partial charge in [0.15, 0.2) is 11.1 Å². The summed E-state index contributed by atoms with van der Waals surface area (Å²) in [5.41, 5.74) is -0.596. The number of nitrogens with one attached hydrogen (secondary N) is 2. The molecule has 0 spiro atoms. The molecule has 200 valence electrons. The van der Waals surface area contributed by atoms with E-state index >= 15 is 0 Å². The first-order valence-electron chi connectivity index (χ1n) is 10.7. The molecule has 1 atom stereocenters. The van der Waals surface area contributed by atoms with Crippen LogP contribution in [0.25, 0.3) is 10.8 Å². The van der Waals surface area contributed by atoms with E-state index in [2.05, 4.69) is 19.7 Å². The number of phenolic OH excluding ortho intramolecular Hbond substituents is 1. The van der Waals surface area contributed by atoms with E-state index in [0.717, 1.165) is 10.4 Å². The summed E-state index contributed by atoms with van der Waals surface area (Å²) in [7, 11) is -5.54. The van der Waals surface area contributed by atoms with Crippen molar-refractivity contribution in [2.75, 3.05) is 18.8 Å². The topological polar surface area (TPSA) is 178 Å². The molecule has 12 nitrogen and oxygen atoms in total. The van der Waals surface area contributed by atoms with E-state index in [9.17, 15) is 30.7 Å². The smallest absolute Gasteiger partial charge is 0.301 e. The highest BCUT2D eigenvalue weighted by molar-refractivity contribution is 7.90. The van der Waals surface area contributed by atoms with Crippen LogP contribution in [0, 0.1) is 0 Å². The van der Waals surface area contributed by atoms with Crippen molar-refractivity contribution in [1.29, 1.82) is 0 Å². The predicted molar refractivity (Wildman–Crippen MR) is 142 cm³/mol. The number of aromatic hydroxyl groups is 1. The van der Waals surface area contributed by atoms with Crippen LogP contribution < -0.4 is 9.44 Å². The van der Waals surface area contributed by atoms with Crippen molar-refractivity contribution in [3.63, 3.8) is 0 Å². The third kappa shape index (κ3) is 6.68. The zero-order valence-corrected chi connectivity index (χ0v) is 23.1. The number of nitrogens with zero attached hydrogens (tertiary/aromatic N) is 3. The molecule has 0 aliphatic heterocycles. The Labute approximate surface area is 217 Å². The molecule has 4 N–H and O–H groups in total. The number of azo groups is 1. The lowest BCUT2D eigenvalue weighted by atomic mass is 10.1. The quantitative estimate of drug-likeness (QED) is 0.235. The molecular weight excluding hydrogens is 542 g/mol. The standard InChI is InChI=1S/C22H27N5O7S3/c1-22(2,3)26-36(31,32)19-13-18(24-23-14-9-11-15(12-10-14)35(29)30)20-16(21(19)28)7-6-8-17(20)25-37(33,34)27(4)5/h6-13,25-26,28H,1-5H3,(H,29,30). The Morgan fingerprint density at radius 1 is 0.973 bits per heavy atom. The highest BCUT2D eigenvalue weighted by atomic mass is 32.2. The lowest BCUT2D eigenvalue weighted by Gasteiger charge is -2.22. The van der Waals surface area contributed by atoms with Crippen LogP contribution >= 0.6 is 0 Å². The maximum Gasteiger partial charge on any atom is 0.301 e. The number of benzene rings is 3. The van der Waals surface area contributed by atoms with Crippen LogP contribution in [0.3, 0.4) is 0 Å². The average Bonchev–Trinajstić information content (AvgIpc) is 2.77. The molecule has 0 heterocycles. The summed E-state index contributed by atoms with van der Waals surface area (Å²) in [5.74, 6) is -0.591. The normalized spacial score (nSPS) is 13.9. The van der Waals surface area contributed by atoms with Crippen molar-refractivity contribution in [2.24, 2.45) is 10.2 Å². The third-order valence-electron chi connectivity index (χ3n) is 4.84. The molecule has 0 amide bonds. The Morgan fingerprint density at radius 2 is 1.59 bits per heavy atom. The second-order valence-corrected chi connectivity index (χ2v) is 13.7. The lowest BCUT2D eigenvalue weighted by molar-refractivity contribution is 0.458. The number of hydrogen-bond donors (Lipinski definition) is 4. The molecule has 37 heavy (non-hydrogen) atoms. The first-order valence-corrected chi connectivity index (χ1v) is 14.7. The second kappa shape index (κ2) is 10.4. The Balaban J connectivity index is 2.29. The van der Waals surface area contributed by atoms with Gasteiger partial charge in [-0.15, -0.1) is 5.11 Å². The molecular formula is C22H27N5O7S3. The molecule has 0 saturated carbocycles. The molecule has 3 aromatic rings. The van der Waals surface area contributed by atoms with Gasteiger partial charge in [-0.1, -0.05) is 12.1 Å². The van der Waals surface area contributed by atoms with Crippen LogP contribution in [-0.4, -0.2) is 54.6 Å². The molecule has 15 heteroatoms. The minimum Gasteiger partial charge on any atom is -0.506 e. The number of hydrogen-bond acceptors (Lipinski definition) is 8. The van der Waals surface area contributed by atoms with E-state index in [0.29, 0.717) is 0 Å². The Hall–Kier alpha value is -2.95. The Morgan fingerprint density at radius 3 is 2.14 bits per heavy atom. The maximum atomic E-state index is 13.1. The van der Waals surface area contributed by atoms with Crippen LogP contribution in [0.2, 0.25) is 0 Å². The summed E-state index contributed by atoms with van der Waals surface area (Å²) in [5, 5.41) is 19.4. The molecule has 0 fully saturated rings. The van der Waals surface area contributed by atoms with E-state index in [-0.39, 0.29) is 32.7 Å². The second-order valence-electron chi connectivity index (χ2n) is 9.16. The van der Waals surface area contributed by atoms with Crippen LogP contribution in [0.4, 0.5) is 17.1 Å². The van der Waals surface area contributed by atoms with Crippen molar-refractivity contribution in [3.8, 4) is 5.75 Å². The van der Waals surface area contributed by atoms with Gasteiger partial charge in [0.2, 0.25) is 10.0 Å². The zero-order chi connectivity index (χ0) is 27.8. The molecule has 0 aliphatic rings. The van der Waals surface area contributed by atoms with Gasteiger partial charge >= 0.3 is 10.2 Å². The lowest BCUT2D eigenvalue weighted by Crippen LogP contribution is -2.40. The first kappa shape index (κ1) is 28.6. The van der Waals surface area contributed by atoms with Gasteiger partial charge in [0, 0.05) is 30.4 Å². The number of fused-ring (bicyclic) bond motifs is 1. The van der Waals surface area contributed by atoms with Gasteiger partial charge in [-0.2, -0.15) is 17.8 Å². The summed E-state index contributed by atoms with van der Waals surface area (Å²) in [4.78, 5) is -0.321. The zero-order valence-electron chi connectivity index (χ0n) is 20.6. The fraction of sp³-hybridized carbons (Fsp3) is 0.273. The number of phenols is 1. The summed E-state index contributed by atoms with van der Waals surface area (Å²) < 4.78 is 77.6. The summed E-state index contributed by atoms with van der Waals surface area (Å²) in [6.07, 6.45) is 0. The van der Waals surface area contributed by atoms with Gasteiger partial charge in [0.05, 0.1) is 22.0 Å². The molecule has 0 bridgehead atoms. The summed E-state index contributed by atoms with van der Waals surface area (Å²) in [6.45, 7) is 4.92. The number of rotatable bonds is 8. The van der Waals surface area contributed by atoms with Crippen molar-refractivity contribution < 1.29 is 30.7 Å². The third-order valence-corrected chi connectivity index (χ3v) is 8.72. The summed E-state index contributed by atoms with van der Waals surface area (Å²) in [6, 6.07) is 11.0. The van der Waals surface area contributed by atoms with E-state index < -0.39 is 47.5 Å². The van der Waals surface area contributed by atoms with Crippen LogP contribution in [0.15, 0.2) is 68.6 Å². The largest absolute Gasteiger partial charge is 0.506 e. The minimum absolute atomic E-state index is 0.0238. The number of sulfonamides is 1. The van der Waals surface area contributed by atoms with E-state index in [1.807, 2.05) is 0 Å². The highest BCUT2D eigenvalue weighted by Crippen LogP contribution is 2.43. The minimum atomic E-state index is -4.23. The van der Waals surface area contributed by atoms with Gasteiger partial charge in [-0.3, -0.25) is 4.72 Å². The fourth-order valence-corrected chi connectivity index (χ4v) is 5.77. The molecule has 3 aromatic carbocycles. The highest BCUT2D eigenvalue weighted by Gasteiger charge is 2.28. The van der Waals surface area contributed by atoms with Gasteiger partial charge < -0.3 is 9.66 Å². The molecule has 1 unspecified atom stereocenters. The first-order chi connectivity index (χ1) is 17.0. The SMILES string of the molecule is CN(C)S(=O)(=O)Nc1cccc2c(O)c(S(=O)(=O)NC(C)(C)C)cc(N=Nc3ccc(S(=O)O)cc3)c12. The average molecular weight is 570 g/mol. The van der Waals surface area contributed by atoms with Crippen LogP contribution in [0.1, 0.15) is 20.8 Å². The van der Waals surface area contributed by atoms with Crippen LogP contribution in [-0.2, 0) is 31.3 Å². The van der Waals surface area contributed by atoms with Gasteiger partial charge in [0.1, 0.15) is 10.6 Å². The van der Waals surface area contributed by atoms with E-state index in [4.69, 9.17) is 0 Å².